The SMILES string of the molecule is C=C(C#C[CH]CCCC)CCCCC. The maximum absolute atomic E-state index is 3.95. The quantitative estimate of drug-likeness (QED) is 0.410. The third-order valence-electron chi connectivity index (χ3n) is 2.14. The number of hydrogen-bond donors (Lipinski definition) is 0. The summed E-state index contributed by atoms with van der Waals surface area (Å²) in [6, 6.07) is 0. The lowest BCUT2D eigenvalue weighted by atomic mass is 10.1. The monoisotopic (exact) mass is 191 g/mol. The standard InChI is InChI=1S/C14H23/c1-4-6-8-9-11-13-14(3)12-10-7-5-2/h9H,3-8,10,12H2,1-2H3. The van der Waals surface area contributed by atoms with E-state index in [4.69, 9.17) is 0 Å². The van der Waals surface area contributed by atoms with Crippen molar-refractivity contribution in [1.29, 1.82) is 0 Å². The Labute approximate surface area is 89.8 Å². The molecule has 0 nitrogen and oxygen atoms in total. The van der Waals surface area contributed by atoms with Gasteiger partial charge in [0.15, 0.2) is 0 Å². The zero-order valence-corrected chi connectivity index (χ0v) is 9.73. The van der Waals surface area contributed by atoms with E-state index in [1.807, 2.05) is 0 Å². The van der Waals surface area contributed by atoms with Crippen molar-refractivity contribution in [3.8, 4) is 11.8 Å². The van der Waals surface area contributed by atoms with Crippen molar-refractivity contribution in [2.24, 2.45) is 0 Å². The van der Waals surface area contributed by atoms with E-state index in [0.29, 0.717) is 0 Å². The van der Waals surface area contributed by atoms with Crippen LogP contribution in [0, 0.1) is 18.3 Å². The van der Waals surface area contributed by atoms with E-state index in [9.17, 15) is 0 Å². The van der Waals surface area contributed by atoms with Gasteiger partial charge < -0.3 is 0 Å². The van der Waals surface area contributed by atoms with E-state index in [0.717, 1.165) is 18.4 Å². The fourth-order valence-corrected chi connectivity index (χ4v) is 1.18. The van der Waals surface area contributed by atoms with Gasteiger partial charge in [-0.3, -0.25) is 0 Å². The van der Waals surface area contributed by atoms with Crippen molar-refractivity contribution in [3.63, 3.8) is 0 Å². The molecule has 0 aliphatic carbocycles. The molecule has 0 saturated carbocycles. The smallest absolute Gasteiger partial charge is 0.0344 e. The lowest BCUT2D eigenvalue weighted by Gasteiger charge is -1.95. The summed E-state index contributed by atoms with van der Waals surface area (Å²) >= 11 is 0. The largest absolute Gasteiger partial charge is 0.0936 e. The highest BCUT2D eigenvalue weighted by molar-refractivity contribution is 5.28. The molecule has 0 aromatic rings. The van der Waals surface area contributed by atoms with Crippen LogP contribution >= 0.6 is 0 Å². The maximum Gasteiger partial charge on any atom is 0.0344 e. The average molecular weight is 191 g/mol. The predicted octanol–water partition coefficient (Wildman–Crippen LogP) is 4.52. The van der Waals surface area contributed by atoms with Gasteiger partial charge in [0.2, 0.25) is 0 Å². The Morgan fingerprint density at radius 2 is 1.86 bits per heavy atom. The molecular formula is C14H23. The number of rotatable bonds is 7. The predicted molar refractivity (Wildman–Crippen MR) is 64.9 cm³/mol. The van der Waals surface area contributed by atoms with Crippen LogP contribution < -0.4 is 0 Å². The lowest BCUT2D eigenvalue weighted by Crippen LogP contribution is -1.79. The number of allylic oxidation sites excluding steroid dienone is 1. The van der Waals surface area contributed by atoms with Gasteiger partial charge in [-0.1, -0.05) is 58.0 Å². The Balaban J connectivity index is 3.39. The van der Waals surface area contributed by atoms with Crippen LogP contribution in [0.2, 0.25) is 0 Å². The summed E-state index contributed by atoms with van der Waals surface area (Å²) in [6.07, 6.45) is 10.5. The molecule has 0 aromatic carbocycles. The molecule has 0 heterocycles. The maximum atomic E-state index is 3.95. The lowest BCUT2D eigenvalue weighted by molar-refractivity contribution is 0.722. The van der Waals surface area contributed by atoms with Crippen molar-refractivity contribution in [3.05, 3.63) is 18.6 Å². The molecule has 0 heteroatoms. The first kappa shape index (κ1) is 13.3. The van der Waals surface area contributed by atoms with Crippen molar-refractivity contribution in [2.45, 2.75) is 58.8 Å². The van der Waals surface area contributed by atoms with Crippen molar-refractivity contribution < 1.29 is 0 Å². The summed E-state index contributed by atoms with van der Waals surface area (Å²) in [5.41, 5.74) is 1.09. The molecule has 0 rings (SSSR count). The van der Waals surface area contributed by atoms with E-state index in [1.54, 1.807) is 0 Å². The third-order valence-corrected chi connectivity index (χ3v) is 2.14. The molecule has 79 valence electrons. The summed E-state index contributed by atoms with van der Waals surface area (Å²) in [7, 11) is 0. The minimum Gasteiger partial charge on any atom is -0.0936 e. The van der Waals surface area contributed by atoms with Crippen LogP contribution in [0.5, 0.6) is 0 Å². The third kappa shape index (κ3) is 9.39. The summed E-state index contributed by atoms with van der Waals surface area (Å²) in [5, 5.41) is 0. The van der Waals surface area contributed by atoms with Crippen LogP contribution in [0.15, 0.2) is 12.2 Å². The van der Waals surface area contributed by atoms with Gasteiger partial charge in [-0.15, -0.1) is 0 Å². The van der Waals surface area contributed by atoms with Gasteiger partial charge in [0, 0.05) is 6.42 Å². The molecule has 14 heavy (non-hydrogen) atoms. The fraction of sp³-hybridized carbons (Fsp3) is 0.643. The Morgan fingerprint density at radius 1 is 1.14 bits per heavy atom. The highest BCUT2D eigenvalue weighted by Gasteiger charge is 1.89. The van der Waals surface area contributed by atoms with E-state index < -0.39 is 0 Å². The van der Waals surface area contributed by atoms with Crippen molar-refractivity contribution in [2.75, 3.05) is 0 Å². The topological polar surface area (TPSA) is 0 Å². The van der Waals surface area contributed by atoms with Crippen LogP contribution in [0.3, 0.4) is 0 Å². The molecule has 0 atom stereocenters. The van der Waals surface area contributed by atoms with Gasteiger partial charge in [0.1, 0.15) is 0 Å². The summed E-state index contributed by atoms with van der Waals surface area (Å²) < 4.78 is 0. The minimum atomic E-state index is 1.07. The normalized spacial score (nSPS) is 9.29. The van der Waals surface area contributed by atoms with Gasteiger partial charge >= 0.3 is 0 Å². The van der Waals surface area contributed by atoms with Crippen LogP contribution in [0.1, 0.15) is 58.8 Å². The zero-order valence-electron chi connectivity index (χ0n) is 9.73. The molecule has 0 N–H and O–H groups in total. The fourth-order valence-electron chi connectivity index (χ4n) is 1.18. The molecule has 0 amide bonds. The van der Waals surface area contributed by atoms with Crippen LogP contribution in [-0.2, 0) is 0 Å². The van der Waals surface area contributed by atoms with Crippen LogP contribution in [-0.4, -0.2) is 0 Å². The highest BCUT2D eigenvalue weighted by Crippen LogP contribution is 2.05. The molecule has 0 aromatic heterocycles. The zero-order chi connectivity index (χ0) is 10.6. The van der Waals surface area contributed by atoms with Gasteiger partial charge in [-0.25, -0.2) is 0 Å². The summed E-state index contributed by atoms with van der Waals surface area (Å²) in [4.78, 5) is 0. The van der Waals surface area contributed by atoms with Gasteiger partial charge in [-0.2, -0.15) is 0 Å². The molecule has 0 bridgehead atoms. The Kier molecular flexibility index (Phi) is 9.86. The Hall–Kier alpha value is -0.700. The van der Waals surface area contributed by atoms with E-state index >= 15 is 0 Å². The van der Waals surface area contributed by atoms with Crippen LogP contribution in [0.25, 0.3) is 0 Å². The van der Waals surface area contributed by atoms with Gasteiger partial charge in [0.05, 0.1) is 0 Å². The second-order valence-electron chi connectivity index (χ2n) is 3.68. The first-order valence-electron chi connectivity index (χ1n) is 5.82. The molecule has 0 unspecified atom stereocenters. The van der Waals surface area contributed by atoms with Crippen LogP contribution in [0.4, 0.5) is 0 Å². The Bertz CT molecular complexity index is 190. The first-order chi connectivity index (χ1) is 6.81. The minimum absolute atomic E-state index is 1.07. The van der Waals surface area contributed by atoms with E-state index in [2.05, 4.69) is 38.7 Å². The molecule has 0 aliphatic rings. The molecular weight excluding hydrogens is 168 g/mol. The van der Waals surface area contributed by atoms with Crippen molar-refractivity contribution in [1.82, 2.24) is 0 Å². The second kappa shape index (κ2) is 10.4. The molecule has 0 fully saturated rings. The summed E-state index contributed by atoms with van der Waals surface area (Å²) in [5.74, 6) is 6.17. The number of unbranched alkanes of at least 4 members (excludes halogenated alkanes) is 5. The molecule has 0 saturated heterocycles. The van der Waals surface area contributed by atoms with Gasteiger partial charge in [-0.05, 0) is 24.8 Å². The second-order valence-corrected chi connectivity index (χ2v) is 3.68. The first-order valence-corrected chi connectivity index (χ1v) is 5.82. The van der Waals surface area contributed by atoms with E-state index in [1.165, 1.54) is 32.1 Å². The highest BCUT2D eigenvalue weighted by atomic mass is 13.9. The number of hydrogen-bond acceptors (Lipinski definition) is 0. The molecule has 0 spiro atoms. The van der Waals surface area contributed by atoms with Gasteiger partial charge in [0.25, 0.3) is 0 Å². The Morgan fingerprint density at radius 3 is 2.50 bits per heavy atom. The molecule has 0 aliphatic heterocycles. The molecule has 1 radical (unpaired) electrons. The summed E-state index contributed by atoms with van der Waals surface area (Å²) in [6.45, 7) is 8.37. The van der Waals surface area contributed by atoms with E-state index in [-0.39, 0.29) is 0 Å². The van der Waals surface area contributed by atoms with Crippen molar-refractivity contribution >= 4 is 0 Å². The average Bonchev–Trinajstić information content (AvgIpc) is 2.18.